The summed E-state index contributed by atoms with van der Waals surface area (Å²) in [6.07, 6.45) is 25.4. The Bertz CT molecular complexity index is 936. The molecule has 0 spiro atoms. The number of aromatic amines is 1. The maximum absolute atomic E-state index is 11.6. The van der Waals surface area contributed by atoms with Gasteiger partial charge in [-0.15, -0.1) is 5.21 Å². The topological polar surface area (TPSA) is 117 Å². The summed E-state index contributed by atoms with van der Waals surface area (Å²) in [7, 11) is -0.0465. The van der Waals surface area contributed by atoms with E-state index in [9.17, 15) is 9.59 Å². The smallest absolute Gasteiger partial charge is 0.479 e. The van der Waals surface area contributed by atoms with Crippen molar-refractivity contribution < 1.29 is 41.8 Å². The summed E-state index contributed by atoms with van der Waals surface area (Å²) >= 11 is 0. The van der Waals surface area contributed by atoms with Crippen molar-refractivity contribution >= 4 is 20.0 Å². The molecule has 1 heterocycles. The van der Waals surface area contributed by atoms with E-state index in [1.165, 1.54) is 17.0 Å². The molecule has 5 rings (SSSR count). The summed E-state index contributed by atoms with van der Waals surface area (Å²) in [5, 5.41) is 20.7. The molecule has 0 radical (unpaired) electrons. The Morgan fingerprint density at radius 1 is 0.900 bits per heavy atom. The van der Waals surface area contributed by atoms with Gasteiger partial charge in [0.05, 0.1) is 17.0 Å². The van der Waals surface area contributed by atoms with Crippen LogP contribution in [0.2, 0.25) is 0 Å². The molecule has 1 aromatic carbocycles. The second kappa shape index (κ2) is 17.9. The Balaban J connectivity index is 0.000000215. The van der Waals surface area contributed by atoms with Gasteiger partial charge in [0.15, 0.2) is 6.04 Å². The molecule has 3 saturated carbocycles. The number of carboxylic acid groups (broad SMARTS) is 1. The van der Waals surface area contributed by atoms with E-state index in [1.807, 2.05) is 0 Å². The van der Waals surface area contributed by atoms with Crippen molar-refractivity contribution in [2.75, 3.05) is 0 Å². The van der Waals surface area contributed by atoms with Gasteiger partial charge in [0.2, 0.25) is 0 Å². The largest absolute Gasteiger partial charge is 1.00 e. The predicted molar refractivity (Wildman–Crippen MR) is 154 cm³/mol. The van der Waals surface area contributed by atoms with Gasteiger partial charge in [-0.1, -0.05) is 55.3 Å². The third kappa shape index (κ3) is 10.3. The van der Waals surface area contributed by atoms with Crippen LogP contribution in [0, 0.1) is 6.20 Å². The number of nitrogens with zero attached hydrogens (tertiary/aromatic N) is 2. The fourth-order valence-electron chi connectivity index (χ4n) is 6.80. The number of carbonyl (C=O) groups excluding carboxylic acids is 1. The number of hydrogen-bond donors (Lipinski definition) is 3. The van der Waals surface area contributed by atoms with Crippen molar-refractivity contribution in [2.45, 2.75) is 126 Å². The van der Waals surface area contributed by atoms with Crippen LogP contribution in [0.4, 0.5) is 4.79 Å². The van der Waals surface area contributed by atoms with Gasteiger partial charge in [-0.2, -0.15) is 0 Å². The number of ether oxygens (including phenoxy) is 1. The molecule has 40 heavy (non-hydrogen) atoms. The molecule has 8 nitrogen and oxygen atoms in total. The zero-order valence-corrected chi connectivity index (χ0v) is 26.5. The van der Waals surface area contributed by atoms with Crippen LogP contribution in [-0.2, 0) is 38.5 Å². The third-order valence-electron chi connectivity index (χ3n) is 8.64. The maximum Gasteiger partial charge on any atom is 1.00 e. The molecular formula is C30H45AuN4O4P+. The molecule has 10 heteroatoms. The molecule has 3 N–H and O–H groups in total. The van der Waals surface area contributed by atoms with Crippen molar-refractivity contribution in [3.05, 3.63) is 47.8 Å². The fourth-order valence-corrected chi connectivity index (χ4v) is 12.0. The van der Waals surface area contributed by atoms with Crippen LogP contribution < -0.4 is 5.32 Å². The summed E-state index contributed by atoms with van der Waals surface area (Å²) in [4.78, 5) is 22.7. The van der Waals surface area contributed by atoms with Crippen molar-refractivity contribution in [3.8, 4) is 0 Å². The van der Waals surface area contributed by atoms with Gasteiger partial charge in [-0.25, -0.2) is 9.59 Å². The van der Waals surface area contributed by atoms with E-state index < -0.39 is 18.1 Å². The first kappa shape index (κ1) is 32.8. The molecule has 1 aromatic heterocycles. The van der Waals surface area contributed by atoms with Gasteiger partial charge >= 0.3 is 34.4 Å². The molecule has 1 atom stereocenters. The van der Waals surface area contributed by atoms with Crippen LogP contribution in [0.1, 0.15) is 114 Å². The summed E-state index contributed by atoms with van der Waals surface area (Å²) < 4.78 is 4.83. The Morgan fingerprint density at radius 2 is 1.40 bits per heavy atom. The van der Waals surface area contributed by atoms with Crippen molar-refractivity contribution in [1.82, 2.24) is 20.7 Å². The van der Waals surface area contributed by atoms with E-state index in [4.69, 9.17) is 9.84 Å². The summed E-state index contributed by atoms with van der Waals surface area (Å²) in [5.41, 5.74) is 4.51. The van der Waals surface area contributed by atoms with Crippen LogP contribution in [-0.4, -0.2) is 49.6 Å². The zero-order chi connectivity index (χ0) is 27.3. The molecule has 3 aliphatic carbocycles. The molecule has 3 aliphatic rings. The van der Waals surface area contributed by atoms with E-state index in [1.54, 1.807) is 127 Å². The first-order valence-electron chi connectivity index (χ1n) is 15.0. The van der Waals surface area contributed by atoms with E-state index >= 15 is 0 Å². The molecule has 0 saturated heterocycles. The van der Waals surface area contributed by atoms with Crippen LogP contribution in [0.3, 0.4) is 0 Å². The Kier molecular flexibility index (Phi) is 14.7. The number of aliphatic carboxylic acids is 1. The second-order valence-electron chi connectivity index (χ2n) is 11.3. The summed E-state index contributed by atoms with van der Waals surface area (Å²) in [6.45, 7) is -0.125. The number of benzene rings is 1. The molecule has 2 aromatic rings. The normalized spacial score (nSPS) is 19.5. The van der Waals surface area contributed by atoms with Crippen LogP contribution in [0.5, 0.6) is 0 Å². The predicted octanol–water partition coefficient (Wildman–Crippen LogP) is 6.85. The number of carboxylic acids is 1. The SMILES string of the molecule is C1CCC([PH+](C2CCCCC2)C2CCCCC2)CC1.O=C(N[C@@H](C(=O)O)c1ccccc1)OCc1[c-]nn[nH]1.[Au+]. The standard InChI is InChI=1S/C18H33P.C12H11N4O4.Au/c1-4-10-16(11-5-1)19(17-12-6-2-7-13-17)18-14-8-3-9-15-18;17-11(18)10(8-4-2-1-3-5-8)14-12(19)20-7-9-6-13-16-15-9;/h16-18H,1-15H2;1-5,10H,7H2,(H,14,19)(H,17,18)(H,13,15,16);/q;-1;+1/p+1/t;10-;/m.1./s1. The number of alkyl carbamates (subject to hydrolysis) is 1. The molecule has 0 bridgehead atoms. The van der Waals surface area contributed by atoms with E-state index in [-0.39, 0.29) is 36.9 Å². The molecule has 224 valence electrons. The van der Waals surface area contributed by atoms with Crippen molar-refractivity contribution in [2.24, 2.45) is 0 Å². The number of amides is 1. The fraction of sp³-hybridized carbons (Fsp3) is 0.667. The average Bonchev–Trinajstić information content (AvgIpc) is 3.51. The minimum atomic E-state index is -1.18. The Labute approximate surface area is 255 Å². The first-order valence-corrected chi connectivity index (χ1v) is 16.7. The van der Waals surface area contributed by atoms with Crippen molar-refractivity contribution in [3.63, 3.8) is 0 Å². The number of nitrogens with one attached hydrogen (secondary N) is 2. The number of H-pyrrole nitrogens is 1. The van der Waals surface area contributed by atoms with Crippen LogP contribution in [0.25, 0.3) is 0 Å². The molecule has 3 fully saturated rings. The third-order valence-corrected chi connectivity index (χ3v) is 13.2. The van der Waals surface area contributed by atoms with Gasteiger partial charge in [0, 0.05) is 7.92 Å². The average molecular weight is 754 g/mol. The second-order valence-corrected chi connectivity index (χ2v) is 14.8. The van der Waals surface area contributed by atoms with E-state index in [2.05, 4.69) is 26.9 Å². The van der Waals surface area contributed by atoms with E-state index in [0.717, 1.165) is 0 Å². The monoisotopic (exact) mass is 753 g/mol. The summed E-state index contributed by atoms with van der Waals surface area (Å²) in [5.74, 6) is -1.18. The minimum Gasteiger partial charge on any atom is -0.479 e. The van der Waals surface area contributed by atoms with Crippen LogP contribution >= 0.6 is 7.92 Å². The molecule has 0 aliphatic heterocycles. The number of aromatic nitrogens is 3. The minimum absolute atomic E-state index is 0. The van der Waals surface area contributed by atoms with Gasteiger partial charge in [-0.3, -0.25) is 5.10 Å². The first-order chi connectivity index (χ1) is 19.1. The Morgan fingerprint density at radius 3 is 1.82 bits per heavy atom. The van der Waals surface area contributed by atoms with Gasteiger partial charge in [0.25, 0.3) is 0 Å². The van der Waals surface area contributed by atoms with Gasteiger partial charge in [0.1, 0.15) is 6.61 Å². The Hall–Kier alpha value is -1.73. The van der Waals surface area contributed by atoms with Crippen LogP contribution in [0.15, 0.2) is 30.3 Å². The maximum atomic E-state index is 11.6. The summed E-state index contributed by atoms with van der Waals surface area (Å²) in [6, 6.07) is 7.15. The van der Waals surface area contributed by atoms with Crippen molar-refractivity contribution in [1.29, 1.82) is 0 Å². The zero-order valence-electron chi connectivity index (χ0n) is 23.4. The number of rotatable bonds is 8. The van der Waals surface area contributed by atoms with Gasteiger partial charge in [-0.05, 0) is 82.6 Å². The van der Waals surface area contributed by atoms with E-state index in [0.29, 0.717) is 11.3 Å². The molecular weight excluding hydrogens is 708 g/mol. The quantitative estimate of drug-likeness (QED) is 0.154. The molecule has 0 unspecified atom stereocenters. The number of hydrogen-bond acceptors (Lipinski definition) is 5. The number of carbonyl (C=O) groups is 2. The van der Waals surface area contributed by atoms with Gasteiger partial charge < -0.3 is 26.5 Å². The molecule has 1 amide bonds.